The van der Waals surface area contributed by atoms with Gasteiger partial charge < -0.3 is 15.0 Å². The van der Waals surface area contributed by atoms with Gasteiger partial charge in [0.15, 0.2) is 5.65 Å². The SMILES string of the molecule is Cc1nn2c(=O)n(Cc3ccccc3)c(C(C(C)C)N(CCCNC(=O)OC(C)(C)C)C(=O)c3ccc(F)cc3)nc2c1Cl. The molecule has 4 aromatic rings. The number of ether oxygens (including phenoxy) is 1. The summed E-state index contributed by atoms with van der Waals surface area (Å²) in [6.07, 6.45) is -0.198. The number of carbonyl (C=O) groups excluding carboxylic acids is 2. The first-order chi connectivity index (χ1) is 20.8. The fourth-order valence-electron chi connectivity index (χ4n) is 4.92. The summed E-state index contributed by atoms with van der Waals surface area (Å²) in [5, 5.41) is 7.29. The number of aryl methyl sites for hydroxylation is 1. The van der Waals surface area contributed by atoms with Crippen LogP contribution in [-0.2, 0) is 11.3 Å². The Morgan fingerprint density at radius 3 is 2.36 bits per heavy atom. The average Bonchev–Trinajstić information content (AvgIpc) is 3.24. The van der Waals surface area contributed by atoms with E-state index in [1.54, 1.807) is 32.6 Å². The van der Waals surface area contributed by atoms with Crippen LogP contribution in [0.25, 0.3) is 5.65 Å². The second-order valence-electron chi connectivity index (χ2n) is 11.9. The van der Waals surface area contributed by atoms with Crippen LogP contribution in [0.1, 0.15) is 74.5 Å². The third kappa shape index (κ3) is 7.63. The van der Waals surface area contributed by atoms with E-state index in [1.165, 1.54) is 33.3 Å². The quantitative estimate of drug-likeness (QED) is 0.224. The first-order valence-electron chi connectivity index (χ1n) is 14.5. The van der Waals surface area contributed by atoms with E-state index in [2.05, 4.69) is 10.4 Å². The molecule has 2 aromatic carbocycles. The van der Waals surface area contributed by atoms with E-state index in [4.69, 9.17) is 21.3 Å². The summed E-state index contributed by atoms with van der Waals surface area (Å²) in [4.78, 5) is 46.8. The van der Waals surface area contributed by atoms with Gasteiger partial charge in [0, 0.05) is 18.7 Å². The molecule has 0 aliphatic rings. The maximum Gasteiger partial charge on any atom is 0.407 e. The fourth-order valence-corrected chi connectivity index (χ4v) is 5.08. The Morgan fingerprint density at radius 2 is 1.75 bits per heavy atom. The second kappa shape index (κ2) is 13.6. The summed E-state index contributed by atoms with van der Waals surface area (Å²) in [7, 11) is 0. The number of fused-ring (bicyclic) bond motifs is 1. The molecule has 0 aliphatic carbocycles. The molecule has 44 heavy (non-hydrogen) atoms. The van der Waals surface area contributed by atoms with E-state index < -0.39 is 29.2 Å². The summed E-state index contributed by atoms with van der Waals surface area (Å²) in [5.41, 5.74) is 0.668. The number of nitrogens with zero attached hydrogens (tertiary/aromatic N) is 5. The summed E-state index contributed by atoms with van der Waals surface area (Å²) in [6.45, 7) is 11.5. The Hall–Kier alpha value is -4.25. The number of amides is 2. The van der Waals surface area contributed by atoms with Crippen LogP contribution in [0, 0.1) is 18.7 Å². The summed E-state index contributed by atoms with van der Waals surface area (Å²) < 4.78 is 21.8. The number of rotatable bonds is 10. The molecule has 1 N–H and O–H groups in total. The lowest BCUT2D eigenvalue weighted by molar-refractivity contribution is 0.0519. The monoisotopic (exact) mass is 624 g/mol. The normalized spacial score (nSPS) is 12.4. The van der Waals surface area contributed by atoms with E-state index in [9.17, 15) is 18.8 Å². The van der Waals surface area contributed by atoms with Crippen LogP contribution in [0.3, 0.4) is 0 Å². The van der Waals surface area contributed by atoms with Crippen LogP contribution in [-0.4, -0.2) is 54.8 Å². The lowest BCUT2D eigenvalue weighted by Gasteiger charge is -2.35. The van der Waals surface area contributed by atoms with E-state index in [-0.39, 0.29) is 47.7 Å². The number of carbonyl (C=O) groups is 2. The van der Waals surface area contributed by atoms with Crippen LogP contribution < -0.4 is 11.0 Å². The van der Waals surface area contributed by atoms with Crippen molar-refractivity contribution in [1.29, 1.82) is 0 Å². The Labute approximate surface area is 260 Å². The number of alkyl carbamates (subject to hydrolysis) is 1. The molecule has 234 valence electrons. The number of halogens is 2. The molecule has 0 aliphatic heterocycles. The Morgan fingerprint density at radius 1 is 1.09 bits per heavy atom. The van der Waals surface area contributed by atoms with Gasteiger partial charge in [-0.15, -0.1) is 0 Å². The maximum absolute atomic E-state index is 14.1. The van der Waals surface area contributed by atoms with Crippen molar-refractivity contribution in [2.45, 2.75) is 66.2 Å². The fraction of sp³-hybridized carbons (Fsp3) is 0.406. The molecule has 0 radical (unpaired) electrons. The summed E-state index contributed by atoms with van der Waals surface area (Å²) >= 11 is 6.55. The Bertz CT molecular complexity index is 1680. The van der Waals surface area contributed by atoms with Crippen molar-refractivity contribution in [3.63, 3.8) is 0 Å². The highest BCUT2D eigenvalue weighted by atomic mass is 35.5. The third-order valence-electron chi connectivity index (χ3n) is 6.89. The van der Waals surface area contributed by atoms with Gasteiger partial charge in [0.05, 0.1) is 18.3 Å². The van der Waals surface area contributed by atoms with Crippen LogP contribution in [0.2, 0.25) is 5.02 Å². The van der Waals surface area contributed by atoms with Gasteiger partial charge in [-0.05, 0) is 69.9 Å². The molecule has 1 atom stereocenters. The van der Waals surface area contributed by atoms with Crippen molar-refractivity contribution in [3.05, 3.63) is 98.6 Å². The molecular formula is C32H38ClFN6O4. The van der Waals surface area contributed by atoms with Crippen LogP contribution in [0.15, 0.2) is 59.4 Å². The van der Waals surface area contributed by atoms with Gasteiger partial charge in [-0.3, -0.25) is 9.36 Å². The summed E-state index contributed by atoms with van der Waals surface area (Å²) in [5.74, 6) is -0.738. The average molecular weight is 625 g/mol. The highest BCUT2D eigenvalue weighted by Crippen LogP contribution is 2.31. The molecule has 4 rings (SSSR count). The summed E-state index contributed by atoms with van der Waals surface area (Å²) in [6, 6.07) is 14.0. The molecule has 1 unspecified atom stereocenters. The Kier molecular flexibility index (Phi) is 10.1. The predicted octanol–water partition coefficient (Wildman–Crippen LogP) is 5.79. The van der Waals surface area contributed by atoms with Gasteiger partial charge in [0.25, 0.3) is 5.91 Å². The smallest absolute Gasteiger partial charge is 0.407 e. The molecule has 0 fully saturated rings. The highest BCUT2D eigenvalue weighted by Gasteiger charge is 2.33. The minimum atomic E-state index is -0.707. The number of aromatic nitrogens is 4. The zero-order valence-electron chi connectivity index (χ0n) is 25.8. The number of nitrogens with one attached hydrogen (secondary N) is 1. The minimum absolute atomic E-state index is 0.177. The van der Waals surface area contributed by atoms with E-state index in [0.29, 0.717) is 17.9 Å². The number of hydrogen-bond acceptors (Lipinski definition) is 6. The standard InChI is InChI=1S/C32H38ClFN6O4/c1-20(2)26(28-36-27-25(33)21(3)37-40(27)31(43)39(28)19-22-11-8-7-9-12-22)38(29(41)23-13-15-24(34)16-14-23)18-10-17-35-30(42)44-32(4,5)6/h7-9,11-16,20,26H,10,17-19H2,1-6H3,(H,35,42). The Balaban J connectivity index is 1.80. The minimum Gasteiger partial charge on any atom is -0.444 e. The van der Waals surface area contributed by atoms with Crippen molar-refractivity contribution in [2.75, 3.05) is 13.1 Å². The van der Waals surface area contributed by atoms with Gasteiger partial charge in [0.2, 0.25) is 0 Å². The second-order valence-corrected chi connectivity index (χ2v) is 12.3. The molecule has 2 amide bonds. The van der Waals surface area contributed by atoms with Crippen molar-refractivity contribution < 1.29 is 18.7 Å². The van der Waals surface area contributed by atoms with Gasteiger partial charge in [-0.25, -0.2) is 19.0 Å². The predicted molar refractivity (Wildman–Crippen MR) is 166 cm³/mol. The first kappa shape index (κ1) is 32.7. The molecule has 0 saturated heterocycles. The number of benzene rings is 2. The van der Waals surface area contributed by atoms with Gasteiger partial charge in [-0.1, -0.05) is 55.8 Å². The molecule has 0 spiro atoms. The molecular weight excluding hydrogens is 587 g/mol. The largest absolute Gasteiger partial charge is 0.444 e. The lowest BCUT2D eigenvalue weighted by atomic mass is 9.99. The van der Waals surface area contributed by atoms with Crippen molar-refractivity contribution in [2.24, 2.45) is 5.92 Å². The van der Waals surface area contributed by atoms with Gasteiger partial charge in [-0.2, -0.15) is 9.61 Å². The third-order valence-corrected chi connectivity index (χ3v) is 7.33. The van der Waals surface area contributed by atoms with E-state index in [0.717, 1.165) is 5.56 Å². The molecule has 2 aromatic heterocycles. The van der Waals surface area contributed by atoms with Gasteiger partial charge in [0.1, 0.15) is 22.3 Å². The highest BCUT2D eigenvalue weighted by molar-refractivity contribution is 6.34. The van der Waals surface area contributed by atoms with Gasteiger partial charge >= 0.3 is 11.8 Å². The molecule has 0 saturated carbocycles. The zero-order valence-corrected chi connectivity index (χ0v) is 26.6. The van der Waals surface area contributed by atoms with E-state index in [1.807, 2.05) is 44.2 Å². The molecule has 0 bridgehead atoms. The first-order valence-corrected chi connectivity index (χ1v) is 14.9. The topological polar surface area (TPSA) is 111 Å². The van der Waals surface area contributed by atoms with Crippen LogP contribution in [0.5, 0.6) is 0 Å². The van der Waals surface area contributed by atoms with Crippen LogP contribution >= 0.6 is 11.6 Å². The van der Waals surface area contributed by atoms with Crippen molar-refractivity contribution in [1.82, 2.24) is 29.4 Å². The lowest BCUT2D eigenvalue weighted by Crippen LogP contribution is -2.43. The van der Waals surface area contributed by atoms with Crippen molar-refractivity contribution >= 4 is 29.2 Å². The van der Waals surface area contributed by atoms with Crippen LogP contribution in [0.4, 0.5) is 9.18 Å². The molecule has 10 nitrogen and oxygen atoms in total. The van der Waals surface area contributed by atoms with Crippen molar-refractivity contribution in [3.8, 4) is 0 Å². The molecule has 12 heteroatoms. The zero-order chi connectivity index (χ0) is 32.2. The number of hydrogen-bond donors (Lipinski definition) is 1. The van der Waals surface area contributed by atoms with E-state index >= 15 is 0 Å². The molecule has 2 heterocycles. The maximum atomic E-state index is 14.1.